The van der Waals surface area contributed by atoms with Crippen molar-refractivity contribution in [2.45, 2.75) is 48.8 Å². The molecule has 122 valence electrons. The summed E-state index contributed by atoms with van der Waals surface area (Å²) in [6.07, 6.45) is 1.89. The van der Waals surface area contributed by atoms with Crippen molar-refractivity contribution in [3.8, 4) is 11.5 Å². The maximum atomic E-state index is 12.7. The lowest BCUT2D eigenvalue weighted by molar-refractivity contribution is -0.185. The van der Waals surface area contributed by atoms with Gasteiger partial charge in [-0.25, -0.2) is 0 Å². The Morgan fingerprint density at radius 3 is 3.00 bits per heavy atom. The summed E-state index contributed by atoms with van der Waals surface area (Å²) in [6.45, 7) is 0.871. The van der Waals surface area contributed by atoms with Crippen molar-refractivity contribution in [2.75, 3.05) is 20.7 Å². The van der Waals surface area contributed by atoms with Gasteiger partial charge < -0.3 is 19.5 Å². The van der Waals surface area contributed by atoms with Crippen molar-refractivity contribution in [3.05, 3.63) is 23.3 Å². The maximum Gasteiger partial charge on any atom is 0.174 e. The molecule has 4 atom stereocenters. The molecule has 0 amide bonds. The van der Waals surface area contributed by atoms with Crippen molar-refractivity contribution in [3.63, 3.8) is 0 Å². The number of methoxy groups -OCH3 is 1. The average Bonchev–Trinajstić information content (AvgIpc) is 2.90. The number of rotatable bonds is 1. The number of carbonyl (C=O) groups is 1. The molecule has 0 aromatic heterocycles. The van der Waals surface area contributed by atoms with Crippen molar-refractivity contribution in [1.82, 2.24) is 4.90 Å². The minimum Gasteiger partial charge on any atom is -0.493 e. The number of hydrogen-bond donors (Lipinski definition) is 1. The maximum absolute atomic E-state index is 12.7. The zero-order valence-electron chi connectivity index (χ0n) is 13.5. The Bertz CT molecular complexity index is 732. The fourth-order valence-corrected chi connectivity index (χ4v) is 5.69. The topological polar surface area (TPSA) is 59.0 Å². The quantitative estimate of drug-likeness (QED) is 0.839. The third kappa shape index (κ3) is 1.32. The van der Waals surface area contributed by atoms with Gasteiger partial charge in [0.05, 0.1) is 18.1 Å². The van der Waals surface area contributed by atoms with Crippen LogP contribution >= 0.6 is 0 Å². The highest BCUT2D eigenvalue weighted by atomic mass is 16.5. The van der Waals surface area contributed by atoms with E-state index in [4.69, 9.17) is 9.47 Å². The molecule has 1 N–H and O–H groups in total. The molecular weight excluding hydrogens is 294 g/mol. The van der Waals surface area contributed by atoms with Crippen LogP contribution < -0.4 is 9.47 Å². The van der Waals surface area contributed by atoms with Crippen LogP contribution in [0.2, 0.25) is 0 Å². The van der Waals surface area contributed by atoms with Gasteiger partial charge in [-0.05, 0) is 44.5 Å². The number of hydrogen-bond acceptors (Lipinski definition) is 5. The molecule has 0 unspecified atom stereocenters. The number of nitrogens with zero attached hydrogens (tertiary/aromatic N) is 1. The Kier molecular flexibility index (Phi) is 2.45. The summed E-state index contributed by atoms with van der Waals surface area (Å²) >= 11 is 0. The Hall–Kier alpha value is -1.59. The van der Waals surface area contributed by atoms with Gasteiger partial charge in [-0.2, -0.15) is 0 Å². The molecule has 4 aliphatic rings. The fraction of sp³-hybridized carbons (Fsp3) is 0.611. The molecule has 2 fully saturated rings. The van der Waals surface area contributed by atoms with Gasteiger partial charge in [0.1, 0.15) is 0 Å². The van der Waals surface area contributed by atoms with Crippen molar-refractivity contribution in [1.29, 1.82) is 0 Å². The third-order valence-electron chi connectivity index (χ3n) is 6.73. The lowest BCUT2D eigenvalue weighted by atomic mass is 9.49. The number of piperidine rings is 1. The first-order chi connectivity index (χ1) is 11.0. The van der Waals surface area contributed by atoms with E-state index in [1.54, 1.807) is 7.11 Å². The number of aliphatic hydroxyl groups is 1. The third-order valence-corrected chi connectivity index (χ3v) is 6.73. The monoisotopic (exact) mass is 315 g/mol. The van der Waals surface area contributed by atoms with Crippen molar-refractivity contribution in [2.24, 2.45) is 0 Å². The normalized spacial score (nSPS) is 40.6. The molecule has 5 nitrogen and oxygen atoms in total. The smallest absolute Gasteiger partial charge is 0.174 e. The van der Waals surface area contributed by atoms with Crippen LogP contribution in [0, 0.1) is 0 Å². The van der Waals surface area contributed by atoms with E-state index < -0.39 is 17.1 Å². The Labute approximate surface area is 135 Å². The number of ketones is 1. The summed E-state index contributed by atoms with van der Waals surface area (Å²) in [4.78, 5) is 14.9. The second-order valence-electron chi connectivity index (χ2n) is 7.44. The number of carbonyl (C=O) groups excluding carboxylic acids is 1. The molecule has 2 aliphatic carbocycles. The van der Waals surface area contributed by atoms with Crippen LogP contribution in [0.3, 0.4) is 0 Å². The second kappa shape index (κ2) is 4.08. The molecule has 1 aromatic rings. The number of benzene rings is 1. The first kappa shape index (κ1) is 13.8. The van der Waals surface area contributed by atoms with E-state index in [2.05, 4.69) is 18.0 Å². The van der Waals surface area contributed by atoms with Gasteiger partial charge in [0.15, 0.2) is 23.4 Å². The standard InChI is InChI=1S/C18H21NO4/c1-19-8-7-17-14-10-3-4-12(22-2)15(14)23-16(17)11(20)5-6-18(17,21)13(19)9-10/h3-4,13,16,21H,5-9H2,1-2H3/t13-,16+,17-,18-/m1/s1. The van der Waals surface area contributed by atoms with E-state index in [1.165, 1.54) is 5.56 Å². The largest absolute Gasteiger partial charge is 0.493 e. The number of likely N-dealkylation sites (tertiary alicyclic amines) is 1. The van der Waals surface area contributed by atoms with Crippen LogP contribution in [-0.4, -0.2) is 54.2 Å². The first-order valence-corrected chi connectivity index (χ1v) is 8.35. The highest BCUT2D eigenvalue weighted by Gasteiger charge is 2.72. The summed E-state index contributed by atoms with van der Waals surface area (Å²) in [7, 11) is 3.70. The Morgan fingerprint density at radius 2 is 2.22 bits per heavy atom. The zero-order valence-corrected chi connectivity index (χ0v) is 13.5. The van der Waals surface area contributed by atoms with Crippen molar-refractivity contribution < 1.29 is 19.4 Å². The van der Waals surface area contributed by atoms with Crippen LogP contribution in [-0.2, 0) is 16.6 Å². The van der Waals surface area contributed by atoms with E-state index >= 15 is 0 Å². The summed E-state index contributed by atoms with van der Waals surface area (Å²) in [5.74, 6) is 1.47. The molecule has 23 heavy (non-hydrogen) atoms. The first-order valence-electron chi connectivity index (χ1n) is 8.35. The molecule has 1 saturated carbocycles. The van der Waals surface area contributed by atoms with Gasteiger partial charge in [-0.15, -0.1) is 0 Å². The van der Waals surface area contributed by atoms with Crippen LogP contribution in [0.25, 0.3) is 0 Å². The predicted octanol–water partition coefficient (Wildman–Crippen LogP) is 1.05. The molecule has 2 aliphatic heterocycles. The van der Waals surface area contributed by atoms with Gasteiger partial charge in [-0.3, -0.25) is 4.79 Å². The van der Waals surface area contributed by atoms with Gasteiger partial charge in [-0.1, -0.05) is 6.07 Å². The highest BCUT2D eigenvalue weighted by Crippen LogP contribution is 2.64. The average molecular weight is 315 g/mol. The Balaban J connectivity index is 1.86. The van der Waals surface area contributed by atoms with E-state index in [9.17, 15) is 9.90 Å². The summed E-state index contributed by atoms with van der Waals surface area (Å²) < 4.78 is 11.6. The molecule has 5 rings (SSSR count). The fourth-order valence-electron chi connectivity index (χ4n) is 5.69. The number of ether oxygens (including phenoxy) is 2. The number of Topliss-reactive ketones (excluding diaryl/α,β-unsaturated/α-hetero) is 1. The van der Waals surface area contributed by atoms with Crippen molar-refractivity contribution >= 4 is 5.78 Å². The molecule has 5 heteroatoms. The van der Waals surface area contributed by atoms with E-state index in [1.807, 2.05) is 6.07 Å². The summed E-state index contributed by atoms with van der Waals surface area (Å²) in [5.41, 5.74) is 0.737. The van der Waals surface area contributed by atoms with Gasteiger partial charge in [0, 0.05) is 18.0 Å². The van der Waals surface area contributed by atoms with E-state index in [0.29, 0.717) is 24.3 Å². The SMILES string of the molecule is COc1ccc2c3c1O[C@H]1C(=O)CC[C@@]4(O)[C@@H](C2)N(C)CC[C@@]314. The molecule has 2 bridgehead atoms. The van der Waals surface area contributed by atoms with Gasteiger partial charge >= 0.3 is 0 Å². The minimum absolute atomic E-state index is 0.0438. The number of likely N-dealkylation sites (N-methyl/N-ethyl adjacent to an activating group) is 1. The summed E-state index contributed by atoms with van der Waals surface area (Å²) in [6, 6.07) is 4.05. The molecule has 0 radical (unpaired) electrons. The molecule has 1 saturated heterocycles. The van der Waals surface area contributed by atoms with Crippen LogP contribution in [0.15, 0.2) is 12.1 Å². The van der Waals surface area contributed by atoms with E-state index in [-0.39, 0.29) is 11.8 Å². The van der Waals surface area contributed by atoms with Crippen LogP contribution in [0.5, 0.6) is 11.5 Å². The highest BCUT2D eigenvalue weighted by molar-refractivity contribution is 5.90. The predicted molar refractivity (Wildman–Crippen MR) is 83.0 cm³/mol. The minimum atomic E-state index is -0.900. The molecule has 1 spiro atoms. The lowest BCUT2D eigenvalue weighted by Crippen LogP contribution is -2.76. The molecule has 1 aromatic carbocycles. The molecule has 2 heterocycles. The molecular formula is C18H21NO4. The van der Waals surface area contributed by atoms with Gasteiger partial charge in [0.25, 0.3) is 0 Å². The second-order valence-corrected chi connectivity index (χ2v) is 7.44. The zero-order chi connectivity index (χ0) is 16.0. The van der Waals surface area contributed by atoms with Crippen LogP contribution in [0.1, 0.15) is 30.4 Å². The lowest BCUT2D eigenvalue weighted by Gasteiger charge is -2.62. The van der Waals surface area contributed by atoms with E-state index in [0.717, 1.165) is 24.9 Å². The Morgan fingerprint density at radius 1 is 1.39 bits per heavy atom. The van der Waals surface area contributed by atoms with Gasteiger partial charge in [0.2, 0.25) is 0 Å². The van der Waals surface area contributed by atoms with Crippen LogP contribution in [0.4, 0.5) is 0 Å². The summed E-state index contributed by atoms with van der Waals surface area (Å²) in [5, 5.41) is 11.7.